The molecule has 0 aliphatic heterocycles. The molecule has 84 heavy (non-hydrogen) atoms. The first-order valence-electron chi connectivity index (χ1n) is 29.9. The smallest absolute Gasteiger partial charge is 0.0701 e. The Balaban J connectivity index is 0.887. The van der Waals surface area contributed by atoms with E-state index >= 15 is 0 Å². The van der Waals surface area contributed by atoms with Crippen molar-refractivity contribution in [3.8, 4) is 44.5 Å². The lowest BCUT2D eigenvalue weighted by molar-refractivity contribution is 0.745. The van der Waals surface area contributed by atoms with E-state index < -0.39 is 5.41 Å². The molecule has 402 valence electrons. The van der Waals surface area contributed by atoms with E-state index in [1.807, 2.05) is 0 Å². The van der Waals surface area contributed by atoms with E-state index in [1.165, 1.54) is 154 Å². The van der Waals surface area contributed by atoms with Crippen molar-refractivity contribution < 1.29 is 0 Å². The minimum atomic E-state index is -0.733. The number of hydrogen-bond acceptors (Lipinski definition) is 0. The first-order valence-corrected chi connectivity index (χ1v) is 29.9. The predicted molar refractivity (Wildman–Crippen MR) is 357 cm³/mol. The SMILES string of the molecule is CCn1c2ccccc2c2cc(-c3ccc(C(c4ccc(-c5ccc6c(c5)c5ccccc5n6C)cc4)(c4ccc(-c5ccc6c(c5)c5ccccc5n6CC)cc4)c4ccc(-c5ccc6c(c5)c5ccccc5n6CC)cc4)cc3)ccc21. The minimum Gasteiger partial charge on any atom is -0.344 e. The quantitative estimate of drug-likeness (QED) is 0.115. The fourth-order valence-electron chi connectivity index (χ4n) is 14.7. The molecule has 0 fully saturated rings. The number of aryl methyl sites for hydroxylation is 4. The van der Waals surface area contributed by atoms with Crippen LogP contribution in [0, 0.1) is 0 Å². The van der Waals surface area contributed by atoms with Gasteiger partial charge in [-0.3, -0.25) is 0 Å². The highest BCUT2D eigenvalue weighted by Gasteiger charge is 2.39. The number of rotatable bonds is 11. The second-order valence-electron chi connectivity index (χ2n) is 22.8. The molecule has 0 aliphatic rings. The summed E-state index contributed by atoms with van der Waals surface area (Å²) in [6.45, 7) is 9.47. The van der Waals surface area contributed by atoms with E-state index in [-0.39, 0.29) is 0 Å². The molecule has 4 heteroatoms. The Hall–Kier alpha value is -10.2. The molecule has 4 aromatic heterocycles. The van der Waals surface area contributed by atoms with Crippen LogP contribution in [-0.4, -0.2) is 18.3 Å². The second kappa shape index (κ2) is 19.5. The summed E-state index contributed by atoms with van der Waals surface area (Å²) in [4.78, 5) is 0. The van der Waals surface area contributed by atoms with Crippen LogP contribution in [0.3, 0.4) is 0 Å². The van der Waals surface area contributed by atoms with Crippen LogP contribution in [0.15, 0.2) is 267 Å². The van der Waals surface area contributed by atoms with Crippen LogP contribution in [0.1, 0.15) is 43.0 Å². The van der Waals surface area contributed by atoms with Crippen molar-refractivity contribution in [2.45, 2.75) is 45.8 Å². The van der Waals surface area contributed by atoms with Gasteiger partial charge in [0.1, 0.15) is 0 Å². The largest absolute Gasteiger partial charge is 0.344 e. The van der Waals surface area contributed by atoms with Gasteiger partial charge in [-0.15, -0.1) is 0 Å². The number of benzene rings is 12. The first kappa shape index (κ1) is 49.6. The lowest BCUT2D eigenvalue weighted by Gasteiger charge is -2.37. The summed E-state index contributed by atoms with van der Waals surface area (Å²) >= 11 is 0. The Morgan fingerprint density at radius 1 is 0.226 bits per heavy atom. The van der Waals surface area contributed by atoms with Crippen molar-refractivity contribution in [1.29, 1.82) is 0 Å². The molecule has 0 unspecified atom stereocenters. The molecule has 16 aromatic rings. The summed E-state index contributed by atoms with van der Waals surface area (Å²) in [5.74, 6) is 0. The minimum absolute atomic E-state index is 0.733. The van der Waals surface area contributed by atoms with Gasteiger partial charge in [0.25, 0.3) is 0 Å². The van der Waals surface area contributed by atoms with E-state index in [2.05, 4.69) is 313 Å². The monoisotopic (exact) mass is 1080 g/mol. The molecule has 16 rings (SSSR count). The zero-order valence-electron chi connectivity index (χ0n) is 47.8. The Bertz CT molecular complexity index is 4840. The molecule has 0 aliphatic carbocycles. The van der Waals surface area contributed by atoms with Crippen LogP contribution in [0.2, 0.25) is 0 Å². The normalized spacial score (nSPS) is 12.2. The van der Waals surface area contributed by atoms with Gasteiger partial charge in [-0.2, -0.15) is 0 Å². The second-order valence-corrected chi connectivity index (χ2v) is 22.8. The third-order valence-corrected chi connectivity index (χ3v) is 18.8. The predicted octanol–water partition coefficient (Wildman–Crippen LogP) is 20.8. The summed E-state index contributed by atoms with van der Waals surface area (Å²) in [5.41, 5.74) is 23.7. The summed E-state index contributed by atoms with van der Waals surface area (Å²) < 4.78 is 9.61. The van der Waals surface area contributed by atoms with Crippen molar-refractivity contribution >= 4 is 87.2 Å². The van der Waals surface area contributed by atoms with Crippen LogP contribution in [0.5, 0.6) is 0 Å². The molecule has 0 atom stereocenters. The van der Waals surface area contributed by atoms with Crippen LogP contribution in [0.4, 0.5) is 0 Å². The highest BCUT2D eigenvalue weighted by atomic mass is 15.0. The highest BCUT2D eigenvalue weighted by Crippen LogP contribution is 2.48. The fraction of sp³-hybridized carbons (Fsp3) is 0.100. The summed E-state index contributed by atoms with van der Waals surface area (Å²) in [6, 6.07) is 101. The van der Waals surface area contributed by atoms with Gasteiger partial charge < -0.3 is 18.3 Å². The van der Waals surface area contributed by atoms with E-state index in [0.29, 0.717) is 0 Å². The molecular weight excluding hydrogens is 1020 g/mol. The third kappa shape index (κ3) is 7.46. The van der Waals surface area contributed by atoms with Crippen molar-refractivity contribution in [1.82, 2.24) is 18.3 Å². The van der Waals surface area contributed by atoms with Crippen LogP contribution >= 0.6 is 0 Å². The average molecular weight is 1080 g/mol. The summed E-state index contributed by atoms with van der Waals surface area (Å²) in [7, 11) is 2.17. The molecule has 0 N–H and O–H groups in total. The standard InChI is InChI=1S/C80H62N4/c1-5-82-74-21-13-9-17-65(74)69-49-57(33-45-77(69)82)53-26-38-61(39-27-53)80(60-36-24-52(25-37-60)56-32-44-73-68(48-56)64-16-8-12-20-72(64)81(73)4,62-40-28-54(29-41-62)58-34-46-78-70(50-58)66-18-10-14-22-75(66)83(78)6-2)63-42-30-55(31-43-63)59-35-47-79-71(51-59)67-19-11-15-23-76(67)84(79)7-3/h8-51H,5-7H2,1-4H3. The highest BCUT2D eigenvalue weighted by molar-refractivity contribution is 6.12. The molecule has 0 radical (unpaired) electrons. The molecule has 0 spiro atoms. The maximum absolute atomic E-state index is 2.43. The van der Waals surface area contributed by atoms with Gasteiger partial charge in [0.2, 0.25) is 0 Å². The molecule has 12 aromatic carbocycles. The Kier molecular flexibility index (Phi) is 11.5. The number of hydrogen-bond donors (Lipinski definition) is 0. The molecule has 0 bridgehead atoms. The molecule has 0 amide bonds. The number of fused-ring (bicyclic) bond motifs is 12. The Morgan fingerprint density at radius 3 is 0.738 bits per heavy atom. The molecule has 0 saturated heterocycles. The molecule has 0 saturated carbocycles. The zero-order chi connectivity index (χ0) is 56.2. The Labute approximate surface area is 489 Å². The lowest BCUT2D eigenvalue weighted by atomic mass is 9.64. The van der Waals surface area contributed by atoms with Gasteiger partial charge in [-0.25, -0.2) is 0 Å². The van der Waals surface area contributed by atoms with Crippen molar-refractivity contribution in [3.05, 3.63) is 289 Å². The lowest BCUT2D eigenvalue weighted by Crippen LogP contribution is -2.31. The average Bonchev–Trinajstić information content (AvgIpc) is 4.26. The number of para-hydroxylation sites is 4. The fourth-order valence-corrected chi connectivity index (χ4v) is 14.7. The maximum atomic E-state index is 2.43. The van der Waals surface area contributed by atoms with Gasteiger partial charge in [-0.05, 0) is 160 Å². The van der Waals surface area contributed by atoms with Gasteiger partial charge >= 0.3 is 0 Å². The van der Waals surface area contributed by atoms with Crippen molar-refractivity contribution in [2.24, 2.45) is 7.05 Å². The maximum Gasteiger partial charge on any atom is 0.0701 e. The third-order valence-electron chi connectivity index (χ3n) is 18.8. The molecule has 4 nitrogen and oxygen atoms in total. The van der Waals surface area contributed by atoms with Gasteiger partial charge in [0.05, 0.1) is 5.41 Å². The topological polar surface area (TPSA) is 19.7 Å². The van der Waals surface area contributed by atoms with Gasteiger partial charge in [0, 0.05) is 114 Å². The zero-order valence-corrected chi connectivity index (χ0v) is 47.8. The summed E-state index contributed by atoms with van der Waals surface area (Å²) in [6.07, 6.45) is 0. The van der Waals surface area contributed by atoms with E-state index in [1.54, 1.807) is 0 Å². The van der Waals surface area contributed by atoms with Crippen LogP contribution in [0.25, 0.3) is 132 Å². The van der Waals surface area contributed by atoms with E-state index in [0.717, 1.165) is 19.6 Å². The van der Waals surface area contributed by atoms with Gasteiger partial charge in [-0.1, -0.05) is 194 Å². The molecular formula is C80H62N4. The Morgan fingerprint density at radius 2 is 0.440 bits per heavy atom. The van der Waals surface area contributed by atoms with Crippen molar-refractivity contribution in [2.75, 3.05) is 0 Å². The molecule has 4 heterocycles. The van der Waals surface area contributed by atoms with Gasteiger partial charge in [0.15, 0.2) is 0 Å². The van der Waals surface area contributed by atoms with Crippen molar-refractivity contribution in [3.63, 3.8) is 0 Å². The van der Waals surface area contributed by atoms with E-state index in [9.17, 15) is 0 Å². The first-order chi connectivity index (χ1) is 41.4. The number of aromatic nitrogens is 4. The van der Waals surface area contributed by atoms with E-state index in [4.69, 9.17) is 0 Å². The summed E-state index contributed by atoms with van der Waals surface area (Å²) in [5, 5.41) is 10.3. The number of nitrogens with zero attached hydrogens (tertiary/aromatic N) is 4. The van der Waals surface area contributed by atoms with Crippen LogP contribution < -0.4 is 0 Å². The van der Waals surface area contributed by atoms with Crippen LogP contribution in [-0.2, 0) is 32.1 Å².